The number of hydrogen-bond donors (Lipinski definition) is 2. The lowest BCUT2D eigenvalue weighted by atomic mass is 10.2. The van der Waals surface area contributed by atoms with E-state index in [0.717, 1.165) is 5.56 Å². The molecule has 2 heterocycles. The molecule has 2 aromatic heterocycles. The quantitative estimate of drug-likeness (QED) is 0.875. The number of pyridine rings is 1. The van der Waals surface area contributed by atoms with Gasteiger partial charge in [0, 0.05) is 11.8 Å². The molecule has 0 bridgehead atoms. The van der Waals surface area contributed by atoms with Crippen molar-refractivity contribution in [2.75, 3.05) is 5.32 Å². The number of furan rings is 1. The highest BCUT2D eigenvalue weighted by atomic mass is 16.4. The van der Waals surface area contributed by atoms with E-state index in [1.807, 2.05) is 0 Å². The fraction of sp³-hybridized carbons (Fsp3) is 0.154. The molecule has 0 aromatic carbocycles. The minimum Gasteiger partial charge on any atom is -0.478 e. The van der Waals surface area contributed by atoms with Crippen molar-refractivity contribution in [2.45, 2.75) is 13.3 Å². The van der Waals surface area contributed by atoms with E-state index < -0.39 is 5.97 Å². The maximum absolute atomic E-state index is 11.7. The second-order valence-electron chi connectivity index (χ2n) is 3.96. The second-order valence-corrected chi connectivity index (χ2v) is 3.96. The van der Waals surface area contributed by atoms with Gasteiger partial charge in [0.2, 0.25) is 5.91 Å². The van der Waals surface area contributed by atoms with Gasteiger partial charge in [-0.3, -0.25) is 4.79 Å². The first kappa shape index (κ1) is 12.8. The van der Waals surface area contributed by atoms with Crippen molar-refractivity contribution >= 4 is 17.7 Å². The van der Waals surface area contributed by atoms with E-state index in [1.54, 1.807) is 13.0 Å². The van der Waals surface area contributed by atoms with E-state index in [9.17, 15) is 9.59 Å². The Morgan fingerprint density at radius 1 is 1.37 bits per heavy atom. The smallest absolute Gasteiger partial charge is 0.337 e. The van der Waals surface area contributed by atoms with Crippen LogP contribution in [0.2, 0.25) is 0 Å². The average molecular weight is 260 g/mol. The van der Waals surface area contributed by atoms with Crippen LogP contribution in [0.15, 0.2) is 35.1 Å². The Labute approximate surface area is 109 Å². The summed E-state index contributed by atoms with van der Waals surface area (Å²) in [5, 5.41) is 11.3. The van der Waals surface area contributed by atoms with Gasteiger partial charge in [-0.05, 0) is 25.1 Å². The molecule has 98 valence electrons. The first-order valence-corrected chi connectivity index (χ1v) is 5.58. The number of aromatic carboxylic acids is 1. The molecule has 2 rings (SSSR count). The summed E-state index contributed by atoms with van der Waals surface area (Å²) in [6.45, 7) is 1.78. The van der Waals surface area contributed by atoms with E-state index in [1.165, 1.54) is 24.6 Å². The van der Waals surface area contributed by atoms with Gasteiger partial charge in [-0.2, -0.15) is 0 Å². The number of carboxylic acid groups (broad SMARTS) is 1. The maximum atomic E-state index is 11.7. The molecule has 6 heteroatoms. The highest BCUT2D eigenvalue weighted by Crippen LogP contribution is 2.11. The van der Waals surface area contributed by atoms with Crippen LogP contribution in [-0.4, -0.2) is 22.0 Å². The number of carboxylic acids is 1. The summed E-state index contributed by atoms with van der Waals surface area (Å²) in [4.78, 5) is 26.2. The zero-order valence-corrected chi connectivity index (χ0v) is 10.2. The van der Waals surface area contributed by atoms with Crippen LogP contribution >= 0.6 is 0 Å². The molecule has 2 aromatic rings. The Balaban J connectivity index is 1.99. The fourth-order valence-electron chi connectivity index (χ4n) is 1.55. The molecular formula is C13H12N2O4. The van der Waals surface area contributed by atoms with Gasteiger partial charge in [-0.1, -0.05) is 0 Å². The lowest BCUT2D eigenvalue weighted by Gasteiger charge is -2.04. The third-order valence-electron chi connectivity index (χ3n) is 2.60. The SMILES string of the molecule is Cc1occc1CC(=O)Nc1ccc(C(=O)O)cn1. The molecule has 6 nitrogen and oxygen atoms in total. The molecule has 0 saturated carbocycles. The standard InChI is InChI=1S/C13H12N2O4/c1-8-9(4-5-19-8)6-12(16)15-11-3-2-10(7-14-11)13(17)18/h2-5,7H,6H2,1H3,(H,17,18)(H,14,15,16). The summed E-state index contributed by atoms with van der Waals surface area (Å²) in [5.41, 5.74) is 0.878. The Hall–Kier alpha value is -2.63. The van der Waals surface area contributed by atoms with Gasteiger partial charge < -0.3 is 14.8 Å². The van der Waals surface area contributed by atoms with Crippen molar-refractivity contribution in [3.8, 4) is 0 Å². The summed E-state index contributed by atoms with van der Waals surface area (Å²) >= 11 is 0. The molecule has 19 heavy (non-hydrogen) atoms. The van der Waals surface area contributed by atoms with Gasteiger partial charge in [0.25, 0.3) is 0 Å². The fourth-order valence-corrected chi connectivity index (χ4v) is 1.55. The number of hydrogen-bond acceptors (Lipinski definition) is 4. The van der Waals surface area contributed by atoms with Crippen LogP contribution in [0.1, 0.15) is 21.7 Å². The topological polar surface area (TPSA) is 92.4 Å². The molecule has 0 unspecified atom stereocenters. The van der Waals surface area contributed by atoms with Crippen LogP contribution in [0.25, 0.3) is 0 Å². The van der Waals surface area contributed by atoms with Crippen molar-refractivity contribution in [1.82, 2.24) is 4.98 Å². The Morgan fingerprint density at radius 2 is 2.16 bits per heavy atom. The van der Waals surface area contributed by atoms with Crippen LogP contribution < -0.4 is 5.32 Å². The zero-order valence-electron chi connectivity index (χ0n) is 10.2. The molecule has 0 spiro atoms. The van der Waals surface area contributed by atoms with E-state index in [2.05, 4.69) is 10.3 Å². The van der Waals surface area contributed by atoms with E-state index in [4.69, 9.17) is 9.52 Å². The molecule has 2 N–H and O–H groups in total. The van der Waals surface area contributed by atoms with Crippen LogP contribution in [0.4, 0.5) is 5.82 Å². The Kier molecular flexibility index (Phi) is 3.61. The first-order chi connectivity index (χ1) is 9.06. The predicted molar refractivity (Wildman–Crippen MR) is 67.0 cm³/mol. The number of aryl methyl sites for hydroxylation is 1. The van der Waals surface area contributed by atoms with Gasteiger partial charge in [0.05, 0.1) is 18.2 Å². The van der Waals surface area contributed by atoms with Gasteiger partial charge in [-0.15, -0.1) is 0 Å². The average Bonchev–Trinajstić information content (AvgIpc) is 2.75. The van der Waals surface area contributed by atoms with Crippen molar-refractivity contribution in [1.29, 1.82) is 0 Å². The van der Waals surface area contributed by atoms with Crippen LogP contribution in [-0.2, 0) is 11.2 Å². The highest BCUT2D eigenvalue weighted by molar-refractivity contribution is 5.92. The lowest BCUT2D eigenvalue weighted by molar-refractivity contribution is -0.115. The van der Waals surface area contributed by atoms with Crippen molar-refractivity contribution < 1.29 is 19.1 Å². The minimum absolute atomic E-state index is 0.0729. The number of rotatable bonds is 4. The number of nitrogens with zero attached hydrogens (tertiary/aromatic N) is 1. The Bertz CT molecular complexity index is 601. The third-order valence-corrected chi connectivity index (χ3v) is 2.60. The van der Waals surface area contributed by atoms with Gasteiger partial charge in [0.1, 0.15) is 11.6 Å². The molecule has 0 aliphatic carbocycles. The number of carbonyl (C=O) groups excluding carboxylic acids is 1. The van der Waals surface area contributed by atoms with Crippen LogP contribution in [0, 0.1) is 6.92 Å². The van der Waals surface area contributed by atoms with Gasteiger partial charge in [0.15, 0.2) is 0 Å². The number of nitrogens with one attached hydrogen (secondary N) is 1. The monoisotopic (exact) mass is 260 g/mol. The normalized spacial score (nSPS) is 10.2. The number of carbonyl (C=O) groups is 2. The molecule has 0 saturated heterocycles. The first-order valence-electron chi connectivity index (χ1n) is 5.58. The van der Waals surface area contributed by atoms with E-state index >= 15 is 0 Å². The number of aromatic nitrogens is 1. The minimum atomic E-state index is -1.06. The summed E-state index contributed by atoms with van der Waals surface area (Å²) in [6, 6.07) is 4.56. The molecule has 0 aliphatic heterocycles. The second kappa shape index (κ2) is 5.34. The van der Waals surface area contributed by atoms with Crippen molar-refractivity contribution in [2.24, 2.45) is 0 Å². The van der Waals surface area contributed by atoms with Crippen LogP contribution in [0.3, 0.4) is 0 Å². The summed E-state index contributed by atoms with van der Waals surface area (Å²) in [7, 11) is 0. The summed E-state index contributed by atoms with van der Waals surface area (Å²) in [6.07, 6.45) is 2.91. The van der Waals surface area contributed by atoms with Crippen LogP contribution in [0.5, 0.6) is 0 Å². The summed E-state index contributed by atoms with van der Waals surface area (Å²) < 4.78 is 5.10. The lowest BCUT2D eigenvalue weighted by Crippen LogP contribution is -2.15. The number of anilines is 1. The highest BCUT2D eigenvalue weighted by Gasteiger charge is 2.09. The molecule has 0 fully saturated rings. The van der Waals surface area contributed by atoms with Crippen molar-refractivity contribution in [3.05, 3.63) is 47.5 Å². The molecular weight excluding hydrogens is 248 g/mol. The van der Waals surface area contributed by atoms with Crippen molar-refractivity contribution in [3.63, 3.8) is 0 Å². The third kappa shape index (κ3) is 3.19. The predicted octanol–water partition coefficient (Wildman–Crippen LogP) is 1.86. The molecule has 0 radical (unpaired) electrons. The Morgan fingerprint density at radius 3 is 2.68 bits per heavy atom. The zero-order chi connectivity index (χ0) is 13.8. The largest absolute Gasteiger partial charge is 0.478 e. The van der Waals surface area contributed by atoms with E-state index in [0.29, 0.717) is 11.6 Å². The van der Waals surface area contributed by atoms with Gasteiger partial charge in [-0.25, -0.2) is 9.78 Å². The molecule has 1 amide bonds. The maximum Gasteiger partial charge on any atom is 0.337 e. The van der Waals surface area contributed by atoms with Gasteiger partial charge >= 0.3 is 5.97 Å². The summed E-state index contributed by atoms with van der Waals surface area (Å²) in [5.74, 6) is -0.278. The molecule has 0 atom stereocenters. The number of amides is 1. The van der Waals surface area contributed by atoms with E-state index in [-0.39, 0.29) is 17.9 Å². The molecule has 0 aliphatic rings.